The van der Waals surface area contributed by atoms with Gasteiger partial charge in [0, 0.05) is 11.3 Å². The van der Waals surface area contributed by atoms with Crippen molar-refractivity contribution in [2.24, 2.45) is 0 Å². The molecular formula is C11H11NS. The van der Waals surface area contributed by atoms with Crippen LogP contribution in [0, 0.1) is 11.8 Å². The molecule has 0 heterocycles. The maximum Gasteiger partial charge on any atom is 0.0765 e. The molecule has 1 aromatic carbocycles. The van der Waals surface area contributed by atoms with Crippen LogP contribution in [-0.4, -0.2) is 4.99 Å². The van der Waals surface area contributed by atoms with Crippen LogP contribution >= 0.6 is 12.2 Å². The Labute approximate surface area is 84.2 Å². The van der Waals surface area contributed by atoms with Crippen LogP contribution in [-0.2, 0) is 0 Å². The third kappa shape index (κ3) is 3.27. The SMILES string of the molecule is CC#Cc1ccc(NC(C)=S)cc1. The summed E-state index contributed by atoms with van der Waals surface area (Å²) in [7, 11) is 0. The first-order valence-corrected chi connectivity index (χ1v) is 4.43. The molecule has 0 atom stereocenters. The third-order valence-corrected chi connectivity index (χ3v) is 1.58. The smallest absolute Gasteiger partial charge is 0.0765 e. The van der Waals surface area contributed by atoms with Gasteiger partial charge in [-0.2, -0.15) is 0 Å². The summed E-state index contributed by atoms with van der Waals surface area (Å²) in [5.74, 6) is 5.83. The van der Waals surface area contributed by atoms with Crippen LogP contribution in [0.4, 0.5) is 5.69 Å². The minimum atomic E-state index is 0.773. The standard InChI is InChI=1S/C11H11NS/c1-3-4-10-5-7-11(8-6-10)12-9(2)13/h5-8H,1-2H3,(H,12,13). The molecule has 13 heavy (non-hydrogen) atoms. The van der Waals surface area contributed by atoms with Crippen molar-refractivity contribution >= 4 is 22.9 Å². The van der Waals surface area contributed by atoms with E-state index in [1.165, 1.54) is 0 Å². The van der Waals surface area contributed by atoms with E-state index in [0.29, 0.717) is 0 Å². The molecule has 1 aromatic rings. The molecule has 1 N–H and O–H groups in total. The zero-order chi connectivity index (χ0) is 9.68. The number of benzene rings is 1. The van der Waals surface area contributed by atoms with Crippen molar-refractivity contribution in [3.05, 3.63) is 29.8 Å². The van der Waals surface area contributed by atoms with Crippen molar-refractivity contribution in [3.63, 3.8) is 0 Å². The molecule has 66 valence electrons. The first-order chi connectivity index (χ1) is 6.22. The van der Waals surface area contributed by atoms with Crippen LogP contribution in [0.3, 0.4) is 0 Å². The second-order valence-corrected chi connectivity index (χ2v) is 3.25. The normalized spacial score (nSPS) is 8.46. The quantitative estimate of drug-likeness (QED) is 0.538. The maximum atomic E-state index is 4.92. The monoisotopic (exact) mass is 189 g/mol. The molecule has 0 aliphatic heterocycles. The second kappa shape index (κ2) is 4.64. The third-order valence-electron chi connectivity index (χ3n) is 1.47. The Morgan fingerprint density at radius 3 is 2.38 bits per heavy atom. The van der Waals surface area contributed by atoms with E-state index in [0.717, 1.165) is 16.2 Å². The van der Waals surface area contributed by atoms with Crippen molar-refractivity contribution in [2.45, 2.75) is 13.8 Å². The Kier molecular flexibility index (Phi) is 3.48. The summed E-state index contributed by atoms with van der Waals surface area (Å²) in [6, 6.07) is 7.87. The summed E-state index contributed by atoms with van der Waals surface area (Å²) in [5.41, 5.74) is 2.03. The van der Waals surface area contributed by atoms with E-state index in [4.69, 9.17) is 12.2 Å². The zero-order valence-corrected chi connectivity index (χ0v) is 8.53. The van der Waals surface area contributed by atoms with E-state index >= 15 is 0 Å². The molecule has 0 fully saturated rings. The molecule has 1 rings (SSSR count). The molecule has 0 bridgehead atoms. The van der Waals surface area contributed by atoms with Crippen LogP contribution in [0.2, 0.25) is 0 Å². The Hall–Kier alpha value is -1.33. The van der Waals surface area contributed by atoms with E-state index in [-0.39, 0.29) is 0 Å². The number of nitrogens with one attached hydrogen (secondary N) is 1. The second-order valence-electron chi connectivity index (χ2n) is 2.63. The van der Waals surface area contributed by atoms with E-state index in [1.807, 2.05) is 38.1 Å². The first kappa shape index (κ1) is 9.76. The van der Waals surface area contributed by atoms with Gasteiger partial charge in [-0.3, -0.25) is 0 Å². The molecule has 0 aliphatic rings. The lowest BCUT2D eigenvalue weighted by Gasteiger charge is -2.02. The predicted octanol–water partition coefficient (Wildman–Crippen LogP) is 2.82. The summed E-state index contributed by atoms with van der Waals surface area (Å²) < 4.78 is 0. The van der Waals surface area contributed by atoms with E-state index in [2.05, 4.69) is 17.2 Å². The lowest BCUT2D eigenvalue weighted by atomic mass is 10.2. The molecular weight excluding hydrogens is 178 g/mol. The fourth-order valence-electron chi connectivity index (χ4n) is 0.984. The highest BCUT2D eigenvalue weighted by molar-refractivity contribution is 7.80. The Balaban J connectivity index is 2.79. The van der Waals surface area contributed by atoms with Gasteiger partial charge in [0.25, 0.3) is 0 Å². The predicted molar refractivity (Wildman–Crippen MR) is 60.9 cm³/mol. The van der Waals surface area contributed by atoms with Gasteiger partial charge in [-0.15, -0.1) is 5.92 Å². The lowest BCUT2D eigenvalue weighted by molar-refractivity contribution is 1.60. The van der Waals surface area contributed by atoms with E-state index < -0.39 is 0 Å². The van der Waals surface area contributed by atoms with Crippen LogP contribution in [0.1, 0.15) is 19.4 Å². The Bertz CT molecular complexity index is 354. The maximum absolute atomic E-state index is 4.92. The van der Waals surface area contributed by atoms with Gasteiger partial charge < -0.3 is 5.32 Å². The summed E-state index contributed by atoms with van der Waals surface area (Å²) in [6.45, 7) is 3.68. The van der Waals surface area contributed by atoms with Crippen molar-refractivity contribution in [3.8, 4) is 11.8 Å². The molecule has 0 saturated heterocycles. The van der Waals surface area contributed by atoms with Crippen LogP contribution in [0.15, 0.2) is 24.3 Å². The number of thiocarbonyl (C=S) groups is 1. The highest BCUT2D eigenvalue weighted by atomic mass is 32.1. The van der Waals surface area contributed by atoms with Crippen molar-refractivity contribution in [1.29, 1.82) is 0 Å². The van der Waals surface area contributed by atoms with Crippen molar-refractivity contribution < 1.29 is 0 Å². The molecule has 0 aliphatic carbocycles. The Morgan fingerprint density at radius 2 is 1.92 bits per heavy atom. The van der Waals surface area contributed by atoms with E-state index in [1.54, 1.807) is 0 Å². The highest BCUT2D eigenvalue weighted by Gasteiger charge is 1.91. The molecule has 0 saturated carbocycles. The van der Waals surface area contributed by atoms with Gasteiger partial charge >= 0.3 is 0 Å². The van der Waals surface area contributed by atoms with Gasteiger partial charge in [-0.1, -0.05) is 18.1 Å². The Morgan fingerprint density at radius 1 is 1.31 bits per heavy atom. The molecule has 0 radical (unpaired) electrons. The van der Waals surface area contributed by atoms with Crippen LogP contribution in [0.5, 0.6) is 0 Å². The van der Waals surface area contributed by atoms with Gasteiger partial charge in [0.05, 0.1) is 4.99 Å². The fourth-order valence-corrected chi connectivity index (χ4v) is 1.10. The topological polar surface area (TPSA) is 12.0 Å². The van der Waals surface area contributed by atoms with Crippen molar-refractivity contribution in [1.82, 2.24) is 0 Å². The number of hydrogen-bond acceptors (Lipinski definition) is 1. The summed E-state index contributed by atoms with van der Waals surface area (Å²) in [5, 5.41) is 3.06. The largest absolute Gasteiger partial charge is 0.350 e. The average molecular weight is 189 g/mol. The lowest BCUT2D eigenvalue weighted by Crippen LogP contribution is -2.02. The average Bonchev–Trinajstić information content (AvgIpc) is 2.08. The van der Waals surface area contributed by atoms with Gasteiger partial charge in [-0.05, 0) is 38.1 Å². The molecule has 0 unspecified atom stereocenters. The number of hydrogen-bond donors (Lipinski definition) is 1. The molecule has 0 aromatic heterocycles. The van der Waals surface area contributed by atoms with Crippen molar-refractivity contribution in [2.75, 3.05) is 5.32 Å². The first-order valence-electron chi connectivity index (χ1n) is 4.03. The number of rotatable bonds is 1. The molecule has 0 amide bonds. The molecule has 2 heteroatoms. The molecule has 0 spiro atoms. The fraction of sp³-hybridized carbons (Fsp3) is 0.182. The van der Waals surface area contributed by atoms with Gasteiger partial charge in [0.15, 0.2) is 0 Å². The van der Waals surface area contributed by atoms with Gasteiger partial charge in [0.2, 0.25) is 0 Å². The molecule has 1 nitrogen and oxygen atoms in total. The van der Waals surface area contributed by atoms with Gasteiger partial charge in [0.1, 0.15) is 0 Å². The summed E-state index contributed by atoms with van der Waals surface area (Å²) in [4.78, 5) is 0.773. The van der Waals surface area contributed by atoms with Crippen LogP contribution < -0.4 is 5.32 Å². The van der Waals surface area contributed by atoms with Gasteiger partial charge in [-0.25, -0.2) is 0 Å². The zero-order valence-electron chi connectivity index (χ0n) is 7.72. The van der Waals surface area contributed by atoms with E-state index in [9.17, 15) is 0 Å². The summed E-state index contributed by atoms with van der Waals surface area (Å²) >= 11 is 4.92. The number of anilines is 1. The minimum absolute atomic E-state index is 0.773. The highest BCUT2D eigenvalue weighted by Crippen LogP contribution is 2.08. The van der Waals surface area contributed by atoms with Crippen LogP contribution in [0.25, 0.3) is 0 Å². The summed E-state index contributed by atoms with van der Waals surface area (Å²) in [6.07, 6.45) is 0. The minimum Gasteiger partial charge on any atom is -0.350 e.